The number of anilines is 1. The van der Waals surface area contributed by atoms with Crippen molar-refractivity contribution in [1.29, 1.82) is 0 Å². The number of primary amides is 1. The molecule has 14 heavy (non-hydrogen) atoms. The maximum absolute atomic E-state index is 11.1. The van der Waals surface area contributed by atoms with E-state index >= 15 is 0 Å². The van der Waals surface area contributed by atoms with Crippen LogP contribution >= 0.6 is 0 Å². The van der Waals surface area contributed by atoms with Gasteiger partial charge in [0.2, 0.25) is 0 Å². The predicted molar refractivity (Wildman–Crippen MR) is 52.7 cm³/mol. The molecule has 0 spiro atoms. The molecule has 0 radical (unpaired) electrons. The van der Waals surface area contributed by atoms with Gasteiger partial charge < -0.3 is 11.5 Å². The van der Waals surface area contributed by atoms with Gasteiger partial charge in [-0.05, 0) is 12.8 Å². The molecule has 0 bridgehead atoms. The van der Waals surface area contributed by atoms with E-state index in [1.165, 1.54) is 12.8 Å². The highest BCUT2D eigenvalue weighted by atomic mass is 16.1. The Labute approximate surface area is 82.1 Å². The monoisotopic (exact) mass is 194 g/mol. The molecule has 0 aliphatic heterocycles. The van der Waals surface area contributed by atoms with Crippen molar-refractivity contribution in [3.05, 3.63) is 11.8 Å². The molecule has 0 unspecified atom stereocenters. The molecule has 1 aliphatic rings. The number of hydrogen-bond donors (Lipinski definition) is 2. The molecule has 0 saturated heterocycles. The third-order valence-electron chi connectivity index (χ3n) is 2.68. The molecule has 5 nitrogen and oxygen atoms in total. The minimum Gasteiger partial charge on any atom is -0.382 e. The fraction of sp³-hybridized carbons (Fsp3) is 0.556. The molecule has 5 heteroatoms. The SMILES string of the molecule is NC(=O)c1cc(N)nn1C1CCCC1. The first-order chi connectivity index (χ1) is 6.68. The van der Waals surface area contributed by atoms with E-state index in [2.05, 4.69) is 5.10 Å². The molecular formula is C9H14N4O. The van der Waals surface area contributed by atoms with Crippen molar-refractivity contribution in [2.24, 2.45) is 5.73 Å². The van der Waals surface area contributed by atoms with Gasteiger partial charge in [0.25, 0.3) is 5.91 Å². The quantitative estimate of drug-likeness (QED) is 0.725. The fourth-order valence-electron chi connectivity index (χ4n) is 2.02. The van der Waals surface area contributed by atoms with E-state index in [0.29, 0.717) is 17.6 Å². The van der Waals surface area contributed by atoms with E-state index in [1.54, 1.807) is 10.7 Å². The Bertz CT molecular complexity index is 352. The zero-order chi connectivity index (χ0) is 10.1. The highest BCUT2D eigenvalue weighted by Crippen LogP contribution is 2.30. The van der Waals surface area contributed by atoms with Crippen LogP contribution in [0.2, 0.25) is 0 Å². The van der Waals surface area contributed by atoms with Crippen molar-refractivity contribution in [1.82, 2.24) is 9.78 Å². The summed E-state index contributed by atoms with van der Waals surface area (Å²) in [5, 5.41) is 4.11. The maximum atomic E-state index is 11.1. The molecule has 1 fully saturated rings. The highest BCUT2D eigenvalue weighted by Gasteiger charge is 2.22. The first-order valence-electron chi connectivity index (χ1n) is 4.83. The van der Waals surface area contributed by atoms with Crippen LogP contribution < -0.4 is 11.5 Å². The van der Waals surface area contributed by atoms with Crippen LogP contribution in [0.4, 0.5) is 5.82 Å². The molecular weight excluding hydrogens is 180 g/mol. The maximum Gasteiger partial charge on any atom is 0.267 e. The number of rotatable bonds is 2. The van der Waals surface area contributed by atoms with Crippen molar-refractivity contribution >= 4 is 11.7 Å². The molecule has 4 N–H and O–H groups in total. The van der Waals surface area contributed by atoms with Gasteiger partial charge in [-0.15, -0.1) is 0 Å². The van der Waals surface area contributed by atoms with Gasteiger partial charge in [-0.25, -0.2) is 0 Å². The van der Waals surface area contributed by atoms with Gasteiger partial charge in [0, 0.05) is 6.07 Å². The molecule has 1 aromatic rings. The van der Waals surface area contributed by atoms with E-state index < -0.39 is 5.91 Å². The van der Waals surface area contributed by atoms with Crippen molar-refractivity contribution in [2.45, 2.75) is 31.7 Å². The summed E-state index contributed by atoms with van der Waals surface area (Å²) in [6.07, 6.45) is 4.48. The lowest BCUT2D eigenvalue weighted by Gasteiger charge is -2.11. The molecule has 1 saturated carbocycles. The number of carbonyl (C=O) groups excluding carboxylic acids is 1. The van der Waals surface area contributed by atoms with E-state index in [9.17, 15) is 4.79 Å². The second kappa shape index (κ2) is 3.32. The van der Waals surface area contributed by atoms with Crippen molar-refractivity contribution in [2.75, 3.05) is 5.73 Å². The summed E-state index contributed by atoms with van der Waals surface area (Å²) >= 11 is 0. The Morgan fingerprint density at radius 2 is 2.14 bits per heavy atom. The van der Waals surface area contributed by atoms with Crippen LogP contribution in [0.5, 0.6) is 0 Å². The molecule has 2 rings (SSSR count). The zero-order valence-electron chi connectivity index (χ0n) is 7.94. The lowest BCUT2D eigenvalue weighted by atomic mass is 10.2. The average molecular weight is 194 g/mol. The largest absolute Gasteiger partial charge is 0.382 e. The molecule has 1 aromatic heterocycles. The Morgan fingerprint density at radius 1 is 1.50 bits per heavy atom. The molecule has 76 valence electrons. The standard InChI is InChI=1S/C9H14N4O/c10-8-5-7(9(11)14)13(12-8)6-3-1-2-4-6/h5-6H,1-4H2,(H2,10,12)(H2,11,14). The van der Waals surface area contributed by atoms with Gasteiger partial charge in [0.05, 0.1) is 6.04 Å². The van der Waals surface area contributed by atoms with Crippen LogP contribution in [-0.4, -0.2) is 15.7 Å². The van der Waals surface area contributed by atoms with Crippen LogP contribution in [0, 0.1) is 0 Å². The van der Waals surface area contributed by atoms with Gasteiger partial charge in [-0.2, -0.15) is 5.10 Å². The molecule has 1 aliphatic carbocycles. The van der Waals surface area contributed by atoms with Gasteiger partial charge in [0.15, 0.2) is 0 Å². The Hall–Kier alpha value is -1.52. The topological polar surface area (TPSA) is 86.9 Å². The first kappa shape index (κ1) is 9.05. The third-order valence-corrected chi connectivity index (χ3v) is 2.68. The molecule has 1 heterocycles. The minimum atomic E-state index is -0.457. The molecule has 0 aromatic carbocycles. The van der Waals surface area contributed by atoms with Crippen LogP contribution in [0.3, 0.4) is 0 Å². The number of amides is 1. The van der Waals surface area contributed by atoms with Crippen LogP contribution in [-0.2, 0) is 0 Å². The third kappa shape index (κ3) is 1.45. The van der Waals surface area contributed by atoms with Crippen LogP contribution in [0.25, 0.3) is 0 Å². The van der Waals surface area contributed by atoms with Gasteiger partial charge in [-0.3, -0.25) is 9.48 Å². The number of aromatic nitrogens is 2. The Kier molecular flexibility index (Phi) is 2.15. The summed E-state index contributed by atoms with van der Waals surface area (Å²) in [7, 11) is 0. The summed E-state index contributed by atoms with van der Waals surface area (Å²) in [4.78, 5) is 11.1. The van der Waals surface area contributed by atoms with Gasteiger partial charge in [0.1, 0.15) is 11.5 Å². The van der Waals surface area contributed by atoms with E-state index in [-0.39, 0.29) is 0 Å². The summed E-state index contributed by atoms with van der Waals surface area (Å²) in [6.45, 7) is 0. The number of carbonyl (C=O) groups is 1. The minimum absolute atomic E-state index is 0.301. The van der Waals surface area contributed by atoms with E-state index in [1.807, 2.05) is 0 Å². The van der Waals surface area contributed by atoms with Crippen molar-refractivity contribution in [3.63, 3.8) is 0 Å². The highest BCUT2D eigenvalue weighted by molar-refractivity contribution is 5.91. The first-order valence-corrected chi connectivity index (χ1v) is 4.83. The Balaban J connectivity index is 2.35. The Morgan fingerprint density at radius 3 is 2.71 bits per heavy atom. The lowest BCUT2D eigenvalue weighted by Crippen LogP contribution is -2.20. The second-order valence-corrected chi connectivity index (χ2v) is 3.70. The summed E-state index contributed by atoms with van der Waals surface area (Å²) < 4.78 is 1.69. The number of hydrogen-bond acceptors (Lipinski definition) is 3. The average Bonchev–Trinajstić information content (AvgIpc) is 2.70. The molecule has 0 atom stereocenters. The summed E-state index contributed by atoms with van der Waals surface area (Å²) in [5.74, 6) is -0.0909. The lowest BCUT2D eigenvalue weighted by molar-refractivity contribution is 0.0987. The smallest absolute Gasteiger partial charge is 0.267 e. The van der Waals surface area contributed by atoms with E-state index in [4.69, 9.17) is 11.5 Å². The second-order valence-electron chi connectivity index (χ2n) is 3.70. The van der Waals surface area contributed by atoms with Crippen molar-refractivity contribution in [3.8, 4) is 0 Å². The normalized spacial score (nSPS) is 17.4. The summed E-state index contributed by atoms with van der Waals surface area (Å²) in [5.41, 5.74) is 11.2. The van der Waals surface area contributed by atoms with E-state index in [0.717, 1.165) is 12.8 Å². The number of nitrogens with zero attached hydrogens (tertiary/aromatic N) is 2. The summed E-state index contributed by atoms with van der Waals surface area (Å²) in [6, 6.07) is 1.84. The zero-order valence-corrected chi connectivity index (χ0v) is 7.94. The number of nitrogens with two attached hydrogens (primary N) is 2. The number of nitrogen functional groups attached to an aromatic ring is 1. The predicted octanol–water partition coefficient (Wildman–Crippen LogP) is 0.679. The van der Waals surface area contributed by atoms with Crippen molar-refractivity contribution < 1.29 is 4.79 Å². The van der Waals surface area contributed by atoms with Gasteiger partial charge in [-0.1, -0.05) is 12.8 Å². The van der Waals surface area contributed by atoms with Crippen LogP contribution in [0.15, 0.2) is 6.07 Å². The molecule has 1 amide bonds. The van der Waals surface area contributed by atoms with Crippen LogP contribution in [0.1, 0.15) is 42.2 Å². The fourth-order valence-corrected chi connectivity index (χ4v) is 2.02. The van der Waals surface area contributed by atoms with Gasteiger partial charge >= 0.3 is 0 Å².